The lowest BCUT2D eigenvalue weighted by atomic mass is 10.1. The highest BCUT2D eigenvalue weighted by atomic mass is 16.7. The molecule has 0 atom stereocenters. The second-order valence-electron chi connectivity index (χ2n) is 6.45. The second-order valence-corrected chi connectivity index (χ2v) is 6.45. The first-order valence-electron chi connectivity index (χ1n) is 8.75. The zero-order valence-corrected chi connectivity index (χ0v) is 16.3. The highest BCUT2D eigenvalue weighted by Gasteiger charge is 2.17. The summed E-state index contributed by atoms with van der Waals surface area (Å²) in [5.74, 6) is 0.390. The van der Waals surface area contributed by atoms with Crippen molar-refractivity contribution in [1.82, 2.24) is 4.57 Å². The van der Waals surface area contributed by atoms with E-state index < -0.39 is 5.97 Å². The van der Waals surface area contributed by atoms with E-state index in [-0.39, 0.29) is 25.8 Å². The Morgan fingerprint density at radius 2 is 1.89 bits per heavy atom. The first-order valence-corrected chi connectivity index (χ1v) is 8.75. The average Bonchev–Trinajstić information content (AvgIpc) is 3.25. The second kappa shape index (κ2) is 8.16. The molecule has 148 valence electrons. The smallest absolute Gasteiger partial charge is 0.347 e. The van der Waals surface area contributed by atoms with Crippen molar-refractivity contribution < 1.29 is 28.6 Å². The van der Waals surface area contributed by atoms with E-state index in [9.17, 15) is 9.59 Å². The zero-order valence-electron chi connectivity index (χ0n) is 16.3. The molecular formula is C20H22N2O6. The fraction of sp³-hybridized carbons (Fsp3) is 0.350. The predicted molar refractivity (Wildman–Crippen MR) is 101 cm³/mol. The van der Waals surface area contributed by atoms with Crippen molar-refractivity contribution in [1.29, 1.82) is 0 Å². The van der Waals surface area contributed by atoms with E-state index in [1.807, 2.05) is 31.5 Å². The number of hydrogen-bond acceptors (Lipinski definition) is 7. The number of hydrogen-bond donors (Lipinski definition) is 0. The van der Waals surface area contributed by atoms with Crippen molar-refractivity contribution in [3.63, 3.8) is 0 Å². The summed E-state index contributed by atoms with van der Waals surface area (Å²) in [5.41, 5.74) is 3.69. The summed E-state index contributed by atoms with van der Waals surface area (Å²) in [6.45, 7) is 4.97. The number of carbonyl (C=O) groups excluding carboxylic acids is 2. The van der Waals surface area contributed by atoms with Crippen LogP contribution in [0.3, 0.4) is 0 Å². The third kappa shape index (κ3) is 4.16. The molecule has 8 heteroatoms. The van der Waals surface area contributed by atoms with Crippen molar-refractivity contribution >= 4 is 17.5 Å². The van der Waals surface area contributed by atoms with E-state index in [0.29, 0.717) is 22.8 Å². The zero-order chi connectivity index (χ0) is 20.3. The van der Waals surface area contributed by atoms with E-state index in [1.54, 1.807) is 25.1 Å². The van der Waals surface area contributed by atoms with Crippen LogP contribution in [0.5, 0.6) is 11.5 Å². The van der Waals surface area contributed by atoms with Crippen LogP contribution >= 0.6 is 0 Å². The fourth-order valence-corrected chi connectivity index (χ4v) is 2.76. The summed E-state index contributed by atoms with van der Waals surface area (Å²) in [4.78, 5) is 29.1. The summed E-state index contributed by atoms with van der Waals surface area (Å²) in [5, 5.41) is 3.91. The summed E-state index contributed by atoms with van der Waals surface area (Å²) < 4.78 is 17.5. The lowest BCUT2D eigenvalue weighted by molar-refractivity contribution is -0.147. The molecule has 3 rings (SSSR count). The quantitative estimate of drug-likeness (QED) is 0.314. The molecule has 0 unspecified atom stereocenters. The van der Waals surface area contributed by atoms with Gasteiger partial charge in [-0.3, -0.25) is 4.79 Å². The van der Waals surface area contributed by atoms with Crippen molar-refractivity contribution in [2.45, 2.75) is 20.8 Å². The first-order chi connectivity index (χ1) is 13.4. The number of Topliss-reactive ketones (excluding diaryl/α,β-unsaturated/α-hetero) is 1. The fourth-order valence-electron chi connectivity index (χ4n) is 2.76. The Kier molecular flexibility index (Phi) is 5.67. The molecule has 0 amide bonds. The maximum Gasteiger partial charge on any atom is 0.347 e. The average molecular weight is 386 g/mol. The van der Waals surface area contributed by atoms with Crippen LogP contribution in [0, 0.1) is 13.8 Å². The molecule has 0 N–H and O–H groups in total. The molecule has 1 aromatic carbocycles. The monoisotopic (exact) mass is 386 g/mol. The Morgan fingerprint density at radius 1 is 1.14 bits per heavy atom. The number of rotatable bonds is 7. The van der Waals surface area contributed by atoms with Gasteiger partial charge in [-0.05, 0) is 45.0 Å². The SMILES string of the molecule is C/C(=N/OCC(=O)OCC(=O)c1cc(C)n(C)c1C)c1ccc2c(c1)OCO2. The number of ketones is 1. The lowest BCUT2D eigenvalue weighted by Gasteiger charge is -2.05. The number of benzene rings is 1. The van der Waals surface area contributed by atoms with Gasteiger partial charge in [-0.25, -0.2) is 4.79 Å². The number of aromatic nitrogens is 1. The molecule has 0 bridgehead atoms. The number of esters is 1. The normalized spacial score (nSPS) is 12.8. The Bertz CT molecular complexity index is 944. The van der Waals surface area contributed by atoms with Gasteiger partial charge in [-0.1, -0.05) is 5.16 Å². The van der Waals surface area contributed by atoms with E-state index in [1.165, 1.54) is 0 Å². The third-order valence-electron chi connectivity index (χ3n) is 4.61. The minimum atomic E-state index is -0.666. The molecule has 8 nitrogen and oxygen atoms in total. The summed E-state index contributed by atoms with van der Waals surface area (Å²) in [6, 6.07) is 7.16. The van der Waals surface area contributed by atoms with Gasteiger partial charge >= 0.3 is 5.97 Å². The van der Waals surface area contributed by atoms with Crippen molar-refractivity contribution in [2.75, 3.05) is 20.0 Å². The van der Waals surface area contributed by atoms with Crippen LogP contribution < -0.4 is 9.47 Å². The molecule has 0 spiro atoms. The van der Waals surface area contributed by atoms with Crippen molar-refractivity contribution in [3.05, 3.63) is 46.8 Å². The lowest BCUT2D eigenvalue weighted by Crippen LogP contribution is -2.18. The number of ether oxygens (including phenoxy) is 3. The van der Waals surface area contributed by atoms with E-state index in [2.05, 4.69) is 5.16 Å². The summed E-state index contributed by atoms with van der Waals surface area (Å²) in [7, 11) is 1.88. The topological polar surface area (TPSA) is 88.4 Å². The van der Waals surface area contributed by atoms with Gasteiger partial charge in [0.2, 0.25) is 19.2 Å². The molecule has 2 aromatic rings. The van der Waals surface area contributed by atoms with Gasteiger partial charge in [0.15, 0.2) is 18.1 Å². The molecule has 2 heterocycles. The van der Waals surface area contributed by atoms with Gasteiger partial charge in [0.1, 0.15) is 0 Å². The number of oxime groups is 1. The number of nitrogens with zero attached hydrogens (tertiary/aromatic N) is 2. The number of fused-ring (bicyclic) bond motifs is 1. The van der Waals surface area contributed by atoms with Crippen LogP contribution in [0.4, 0.5) is 0 Å². The molecular weight excluding hydrogens is 364 g/mol. The van der Waals surface area contributed by atoms with Crippen LogP contribution in [0.2, 0.25) is 0 Å². The molecule has 1 aromatic heterocycles. The highest BCUT2D eigenvalue weighted by Crippen LogP contribution is 2.32. The first kappa shape index (κ1) is 19.5. The Morgan fingerprint density at radius 3 is 2.61 bits per heavy atom. The van der Waals surface area contributed by atoms with Crippen molar-refractivity contribution in [2.24, 2.45) is 12.2 Å². The minimum absolute atomic E-state index is 0.193. The van der Waals surface area contributed by atoms with Gasteiger partial charge < -0.3 is 23.6 Å². The Labute approximate surface area is 162 Å². The van der Waals surface area contributed by atoms with Gasteiger partial charge in [0.05, 0.1) is 5.71 Å². The van der Waals surface area contributed by atoms with Gasteiger partial charge in [0.25, 0.3) is 0 Å². The number of carbonyl (C=O) groups is 2. The highest BCUT2D eigenvalue weighted by molar-refractivity contribution is 5.99. The van der Waals surface area contributed by atoms with E-state index >= 15 is 0 Å². The predicted octanol–water partition coefficient (Wildman–Crippen LogP) is 2.54. The van der Waals surface area contributed by atoms with E-state index in [4.69, 9.17) is 19.0 Å². The standard InChI is InChI=1S/C20H22N2O6/c1-12-7-16(14(3)22(12)4)17(23)9-25-20(24)10-28-21-13(2)15-5-6-18-19(8-15)27-11-26-18/h5-8H,9-11H2,1-4H3/b21-13-. The van der Waals surface area contributed by atoms with Crippen LogP contribution in [0.15, 0.2) is 29.4 Å². The van der Waals surface area contributed by atoms with Gasteiger partial charge in [-0.2, -0.15) is 0 Å². The van der Waals surface area contributed by atoms with Gasteiger partial charge in [-0.15, -0.1) is 0 Å². The maximum absolute atomic E-state index is 12.2. The molecule has 1 aliphatic rings. The van der Waals surface area contributed by atoms with Crippen LogP contribution in [-0.2, 0) is 21.4 Å². The molecule has 1 aliphatic heterocycles. The maximum atomic E-state index is 12.2. The molecule has 0 radical (unpaired) electrons. The molecule has 0 saturated heterocycles. The molecule has 0 aliphatic carbocycles. The van der Waals surface area contributed by atoms with Gasteiger partial charge in [0, 0.05) is 29.6 Å². The summed E-state index contributed by atoms with van der Waals surface area (Å²) in [6.07, 6.45) is 0. The number of aryl methyl sites for hydroxylation is 1. The Balaban J connectivity index is 1.48. The van der Waals surface area contributed by atoms with E-state index in [0.717, 1.165) is 17.0 Å². The summed E-state index contributed by atoms with van der Waals surface area (Å²) >= 11 is 0. The molecule has 28 heavy (non-hydrogen) atoms. The van der Waals surface area contributed by atoms with Crippen LogP contribution in [0.1, 0.15) is 34.2 Å². The van der Waals surface area contributed by atoms with Crippen LogP contribution in [-0.4, -0.2) is 42.0 Å². The largest absolute Gasteiger partial charge is 0.455 e. The minimum Gasteiger partial charge on any atom is -0.455 e. The van der Waals surface area contributed by atoms with Crippen molar-refractivity contribution in [3.8, 4) is 11.5 Å². The molecule has 0 fully saturated rings. The third-order valence-corrected chi connectivity index (χ3v) is 4.61. The Hall–Kier alpha value is -3.29. The van der Waals surface area contributed by atoms with Crippen LogP contribution in [0.25, 0.3) is 0 Å². The molecule has 0 saturated carbocycles.